The van der Waals surface area contributed by atoms with Gasteiger partial charge in [0.25, 0.3) is 17.2 Å². The third-order valence-electron chi connectivity index (χ3n) is 4.96. The van der Waals surface area contributed by atoms with E-state index in [0.29, 0.717) is 34.2 Å². The van der Waals surface area contributed by atoms with Gasteiger partial charge in [-0.25, -0.2) is 10.1 Å². The Morgan fingerprint density at radius 3 is 2.61 bits per heavy atom. The number of fused-ring (bicyclic) bond motifs is 1. The van der Waals surface area contributed by atoms with Crippen LogP contribution >= 0.6 is 0 Å². The Bertz CT molecular complexity index is 1250. The van der Waals surface area contributed by atoms with E-state index in [2.05, 4.69) is 15.6 Å². The summed E-state index contributed by atoms with van der Waals surface area (Å²) in [6.07, 6.45) is 1.64. The summed E-state index contributed by atoms with van der Waals surface area (Å²) in [5, 5.41) is 20.4. The highest BCUT2D eigenvalue weighted by atomic mass is 16.6. The highest BCUT2D eigenvalue weighted by Gasteiger charge is 2.17. The summed E-state index contributed by atoms with van der Waals surface area (Å²) in [6.45, 7) is 5.71. The molecule has 9 nitrogen and oxygen atoms in total. The van der Waals surface area contributed by atoms with Gasteiger partial charge in [-0.15, -0.1) is 0 Å². The van der Waals surface area contributed by atoms with Gasteiger partial charge in [0.1, 0.15) is 0 Å². The summed E-state index contributed by atoms with van der Waals surface area (Å²) in [5.74, 6) is -0.567. The van der Waals surface area contributed by atoms with Gasteiger partial charge >= 0.3 is 0 Å². The van der Waals surface area contributed by atoms with E-state index >= 15 is 0 Å². The Hall–Kier alpha value is -3.88. The minimum absolute atomic E-state index is 0.0194. The molecule has 0 saturated carbocycles. The molecule has 1 N–H and O–H groups in total. The third-order valence-corrected chi connectivity index (χ3v) is 4.96. The number of carbonyl (C=O) groups excluding carboxylic acids is 1. The fourth-order valence-corrected chi connectivity index (χ4v) is 3.15. The van der Waals surface area contributed by atoms with Crippen LogP contribution in [0.2, 0.25) is 0 Å². The molecule has 0 radical (unpaired) electrons. The first-order valence-electron chi connectivity index (χ1n) is 9.93. The zero-order valence-electron chi connectivity index (χ0n) is 17.6. The molecule has 0 bridgehead atoms. The molecule has 9 heteroatoms. The lowest BCUT2D eigenvalue weighted by atomic mass is 10.1. The van der Waals surface area contributed by atoms with Crippen molar-refractivity contribution in [3.05, 3.63) is 79.8 Å². The number of nitro benzene ring substituents is 1. The molecule has 0 aliphatic rings. The van der Waals surface area contributed by atoms with E-state index in [1.54, 1.807) is 50.2 Å². The van der Waals surface area contributed by atoms with E-state index in [9.17, 15) is 19.7 Å². The lowest BCUT2D eigenvalue weighted by Gasteiger charge is -2.10. The second kappa shape index (κ2) is 9.29. The molecule has 2 aromatic carbocycles. The van der Waals surface area contributed by atoms with Gasteiger partial charge in [-0.2, -0.15) is 10.2 Å². The second-order valence-corrected chi connectivity index (χ2v) is 7.17. The number of nitro groups is 1. The van der Waals surface area contributed by atoms with Crippen LogP contribution in [-0.2, 0) is 6.54 Å². The normalized spacial score (nSPS) is 11.5. The summed E-state index contributed by atoms with van der Waals surface area (Å²) in [5.41, 5.74) is 3.75. The van der Waals surface area contributed by atoms with Crippen LogP contribution in [0, 0.1) is 17.0 Å². The summed E-state index contributed by atoms with van der Waals surface area (Å²) in [7, 11) is 0. The number of rotatable bonds is 7. The molecule has 0 aliphatic carbocycles. The monoisotopic (exact) mass is 421 g/mol. The Kier molecular flexibility index (Phi) is 6.54. The fourth-order valence-electron chi connectivity index (χ4n) is 3.15. The number of amides is 1. The SMILES string of the molecule is CCCCn1nc(C(=O)N/N=C(/C)c2ccc(C)c([N+](=O)[O-])c2)c2ccccc2c1=O. The summed E-state index contributed by atoms with van der Waals surface area (Å²) in [4.78, 5) is 36.2. The van der Waals surface area contributed by atoms with E-state index < -0.39 is 10.8 Å². The van der Waals surface area contributed by atoms with Crippen LogP contribution in [0.25, 0.3) is 10.8 Å². The predicted molar refractivity (Wildman–Crippen MR) is 118 cm³/mol. The molecule has 0 saturated heterocycles. The first-order chi connectivity index (χ1) is 14.8. The molecule has 160 valence electrons. The maximum atomic E-state index is 12.9. The summed E-state index contributed by atoms with van der Waals surface area (Å²) < 4.78 is 1.31. The average molecular weight is 421 g/mol. The summed E-state index contributed by atoms with van der Waals surface area (Å²) in [6, 6.07) is 11.6. The van der Waals surface area contributed by atoms with Gasteiger partial charge < -0.3 is 0 Å². The van der Waals surface area contributed by atoms with Crippen LogP contribution < -0.4 is 11.0 Å². The minimum atomic E-state index is -0.567. The maximum absolute atomic E-state index is 12.9. The highest BCUT2D eigenvalue weighted by Crippen LogP contribution is 2.20. The topological polar surface area (TPSA) is 119 Å². The van der Waals surface area contributed by atoms with Crippen LogP contribution in [0.15, 0.2) is 52.4 Å². The van der Waals surface area contributed by atoms with Crippen LogP contribution in [0.5, 0.6) is 0 Å². The Balaban J connectivity index is 1.94. The van der Waals surface area contributed by atoms with E-state index in [-0.39, 0.29) is 16.9 Å². The van der Waals surface area contributed by atoms with Gasteiger partial charge in [0.15, 0.2) is 5.69 Å². The largest absolute Gasteiger partial charge is 0.292 e. The van der Waals surface area contributed by atoms with Crippen molar-refractivity contribution in [3.63, 3.8) is 0 Å². The minimum Gasteiger partial charge on any atom is -0.267 e. The second-order valence-electron chi connectivity index (χ2n) is 7.17. The lowest BCUT2D eigenvalue weighted by Crippen LogP contribution is -2.29. The number of unbranched alkanes of at least 4 members (excludes halogenated alkanes) is 1. The number of aromatic nitrogens is 2. The number of nitrogens with one attached hydrogen (secondary N) is 1. The van der Waals surface area contributed by atoms with E-state index in [4.69, 9.17) is 0 Å². The van der Waals surface area contributed by atoms with Crippen molar-refractivity contribution >= 4 is 28.1 Å². The quantitative estimate of drug-likeness (QED) is 0.355. The van der Waals surface area contributed by atoms with Crippen molar-refractivity contribution in [2.45, 2.75) is 40.2 Å². The summed E-state index contributed by atoms with van der Waals surface area (Å²) >= 11 is 0. The third kappa shape index (κ3) is 4.66. The van der Waals surface area contributed by atoms with E-state index in [1.165, 1.54) is 10.7 Å². The Morgan fingerprint density at radius 1 is 1.23 bits per heavy atom. The molecule has 0 unspecified atom stereocenters. The van der Waals surface area contributed by atoms with Crippen molar-refractivity contribution in [2.75, 3.05) is 0 Å². The molecule has 0 atom stereocenters. The van der Waals surface area contributed by atoms with E-state index in [0.717, 1.165) is 12.8 Å². The molecule has 0 fully saturated rings. The van der Waals surface area contributed by atoms with Gasteiger partial charge in [-0.3, -0.25) is 19.7 Å². The van der Waals surface area contributed by atoms with Crippen LogP contribution in [0.1, 0.15) is 48.3 Å². The van der Waals surface area contributed by atoms with E-state index in [1.807, 2.05) is 6.92 Å². The van der Waals surface area contributed by atoms with Crippen LogP contribution in [0.3, 0.4) is 0 Å². The number of nitrogens with zero attached hydrogens (tertiary/aromatic N) is 4. The molecule has 1 aromatic heterocycles. The Morgan fingerprint density at radius 2 is 1.94 bits per heavy atom. The number of benzene rings is 2. The smallest absolute Gasteiger partial charge is 0.267 e. The van der Waals surface area contributed by atoms with Gasteiger partial charge in [0.05, 0.1) is 16.0 Å². The number of hydrogen-bond donors (Lipinski definition) is 1. The van der Waals surface area contributed by atoms with Crippen molar-refractivity contribution in [1.82, 2.24) is 15.2 Å². The molecule has 1 amide bonds. The number of carbonyl (C=O) groups is 1. The standard InChI is InChI=1S/C22H23N5O4/c1-4-5-12-26-22(29)18-9-7-6-8-17(18)20(25-26)21(28)24-23-15(3)16-11-10-14(2)19(13-16)27(30)31/h6-11,13H,4-5,12H2,1-3H3,(H,24,28)/b23-15-. The van der Waals surface area contributed by atoms with Gasteiger partial charge in [0.2, 0.25) is 0 Å². The molecule has 0 aliphatic heterocycles. The molecule has 1 heterocycles. The van der Waals surface area contributed by atoms with Crippen molar-refractivity contribution in [1.29, 1.82) is 0 Å². The Labute approximate surface area is 178 Å². The van der Waals surface area contributed by atoms with Crippen molar-refractivity contribution in [3.8, 4) is 0 Å². The molecular weight excluding hydrogens is 398 g/mol. The van der Waals surface area contributed by atoms with Gasteiger partial charge in [-0.05, 0) is 26.3 Å². The molecule has 3 rings (SSSR count). The molecule has 3 aromatic rings. The van der Waals surface area contributed by atoms with Gasteiger partial charge in [0, 0.05) is 29.1 Å². The zero-order valence-corrected chi connectivity index (χ0v) is 17.6. The molecule has 31 heavy (non-hydrogen) atoms. The predicted octanol–water partition coefficient (Wildman–Crippen LogP) is 3.57. The number of aryl methyl sites for hydroxylation is 2. The first-order valence-corrected chi connectivity index (χ1v) is 9.93. The number of hydrazone groups is 1. The van der Waals surface area contributed by atoms with Gasteiger partial charge in [-0.1, -0.05) is 43.7 Å². The highest BCUT2D eigenvalue weighted by molar-refractivity contribution is 6.06. The van der Waals surface area contributed by atoms with Crippen molar-refractivity contribution in [2.24, 2.45) is 5.10 Å². The zero-order chi connectivity index (χ0) is 22.5. The number of hydrogen-bond acceptors (Lipinski definition) is 6. The molecular formula is C22H23N5O4. The molecule has 0 spiro atoms. The van der Waals surface area contributed by atoms with Crippen LogP contribution in [0.4, 0.5) is 5.69 Å². The first kappa shape index (κ1) is 21.8. The average Bonchev–Trinajstić information content (AvgIpc) is 2.77. The van der Waals surface area contributed by atoms with Crippen LogP contribution in [-0.4, -0.2) is 26.3 Å². The maximum Gasteiger partial charge on any atom is 0.292 e. The lowest BCUT2D eigenvalue weighted by molar-refractivity contribution is -0.385. The fraction of sp³-hybridized carbons (Fsp3) is 0.273. The van der Waals surface area contributed by atoms with Crippen molar-refractivity contribution < 1.29 is 9.72 Å².